The van der Waals surface area contributed by atoms with Gasteiger partial charge in [-0.2, -0.15) is 10.1 Å². The largest absolute Gasteiger partial charge is 0.488 e. The minimum absolute atomic E-state index is 0.0436. The fourth-order valence-electron chi connectivity index (χ4n) is 3.09. The van der Waals surface area contributed by atoms with E-state index in [0.29, 0.717) is 6.61 Å². The van der Waals surface area contributed by atoms with Crippen LogP contribution in [0.4, 0.5) is 5.95 Å². The molecule has 3 aromatic rings. The van der Waals surface area contributed by atoms with Gasteiger partial charge in [-0.05, 0) is 23.6 Å². The monoisotopic (exact) mass is 308 g/mol. The maximum atomic E-state index is 5.96. The highest BCUT2D eigenvalue weighted by molar-refractivity contribution is 7.10. The van der Waals surface area contributed by atoms with Gasteiger partial charge in [0.05, 0.1) is 5.70 Å². The first kappa shape index (κ1) is 12.0. The molecule has 5 rings (SSSR count). The average Bonchev–Trinajstić information content (AvgIpc) is 3.24. The van der Waals surface area contributed by atoms with E-state index in [-0.39, 0.29) is 6.04 Å². The first-order valence-electron chi connectivity index (χ1n) is 7.07. The average molecular weight is 308 g/mol. The second-order valence-electron chi connectivity index (χ2n) is 5.26. The number of thiophene rings is 1. The quantitative estimate of drug-likeness (QED) is 0.750. The number of benzene rings is 1. The Hall–Kier alpha value is -2.60. The zero-order valence-corrected chi connectivity index (χ0v) is 12.4. The molecule has 0 unspecified atom stereocenters. The van der Waals surface area contributed by atoms with Crippen molar-refractivity contribution in [3.05, 3.63) is 64.1 Å². The Balaban J connectivity index is 1.76. The minimum Gasteiger partial charge on any atom is -0.488 e. The summed E-state index contributed by atoms with van der Waals surface area (Å²) in [6, 6.07) is 12.3. The molecular weight excluding hydrogens is 296 g/mol. The lowest BCUT2D eigenvalue weighted by Crippen LogP contribution is -2.29. The third kappa shape index (κ3) is 1.58. The molecule has 0 radical (unpaired) electrons. The van der Waals surface area contributed by atoms with Gasteiger partial charge in [-0.25, -0.2) is 4.68 Å². The van der Waals surface area contributed by atoms with Crippen LogP contribution in [0, 0.1) is 0 Å². The van der Waals surface area contributed by atoms with Crippen LogP contribution < -0.4 is 10.1 Å². The molecule has 108 valence electrons. The van der Waals surface area contributed by atoms with Gasteiger partial charge in [0.15, 0.2) is 0 Å². The molecule has 4 heterocycles. The van der Waals surface area contributed by atoms with Gasteiger partial charge < -0.3 is 10.1 Å². The van der Waals surface area contributed by atoms with E-state index in [4.69, 9.17) is 4.74 Å². The zero-order chi connectivity index (χ0) is 14.5. The van der Waals surface area contributed by atoms with Crippen molar-refractivity contribution in [2.75, 3.05) is 11.9 Å². The Morgan fingerprint density at radius 3 is 3.09 bits per heavy atom. The maximum Gasteiger partial charge on any atom is 0.226 e. The molecule has 0 aliphatic carbocycles. The minimum atomic E-state index is 0.0436. The second-order valence-corrected chi connectivity index (χ2v) is 6.24. The van der Waals surface area contributed by atoms with Crippen molar-refractivity contribution in [2.45, 2.75) is 6.04 Å². The van der Waals surface area contributed by atoms with Gasteiger partial charge in [0, 0.05) is 16.0 Å². The van der Waals surface area contributed by atoms with Crippen molar-refractivity contribution >= 4 is 23.0 Å². The molecule has 0 saturated heterocycles. The van der Waals surface area contributed by atoms with Gasteiger partial charge in [-0.15, -0.1) is 11.3 Å². The third-order valence-electron chi connectivity index (χ3n) is 4.06. The lowest BCUT2D eigenvalue weighted by Gasteiger charge is -2.33. The number of ether oxygens (including phenoxy) is 1. The van der Waals surface area contributed by atoms with Crippen LogP contribution in [0.15, 0.2) is 53.7 Å². The van der Waals surface area contributed by atoms with Gasteiger partial charge in [-0.3, -0.25) is 0 Å². The van der Waals surface area contributed by atoms with E-state index in [0.717, 1.165) is 23.0 Å². The maximum absolute atomic E-state index is 5.96. The topological polar surface area (TPSA) is 52.0 Å². The number of rotatable bonds is 1. The number of anilines is 1. The molecular formula is C16H12N4OS. The first-order valence-corrected chi connectivity index (χ1v) is 7.95. The molecule has 0 fully saturated rings. The van der Waals surface area contributed by atoms with E-state index in [2.05, 4.69) is 39.0 Å². The molecule has 1 atom stereocenters. The number of nitrogens with one attached hydrogen (secondary N) is 1. The fraction of sp³-hybridized carbons (Fsp3) is 0.125. The van der Waals surface area contributed by atoms with E-state index in [1.165, 1.54) is 10.5 Å². The van der Waals surface area contributed by atoms with Crippen LogP contribution in [-0.2, 0) is 0 Å². The van der Waals surface area contributed by atoms with Crippen LogP contribution in [0.2, 0.25) is 0 Å². The van der Waals surface area contributed by atoms with Gasteiger partial charge in [-0.1, -0.05) is 18.2 Å². The van der Waals surface area contributed by atoms with Gasteiger partial charge >= 0.3 is 0 Å². The summed E-state index contributed by atoms with van der Waals surface area (Å²) in [5.41, 5.74) is 3.37. The van der Waals surface area contributed by atoms with Crippen LogP contribution in [0.25, 0.3) is 5.70 Å². The Morgan fingerprint density at radius 2 is 2.18 bits per heavy atom. The Kier molecular flexibility index (Phi) is 2.42. The number of para-hydroxylation sites is 1. The molecule has 0 amide bonds. The van der Waals surface area contributed by atoms with E-state index >= 15 is 0 Å². The molecule has 2 aliphatic heterocycles. The van der Waals surface area contributed by atoms with Gasteiger partial charge in [0.2, 0.25) is 5.95 Å². The summed E-state index contributed by atoms with van der Waals surface area (Å²) in [6.07, 6.45) is 1.59. The predicted molar refractivity (Wildman–Crippen MR) is 85.0 cm³/mol. The summed E-state index contributed by atoms with van der Waals surface area (Å²) in [5, 5.41) is 9.91. The fourth-order valence-corrected chi connectivity index (χ4v) is 3.93. The number of nitrogens with zero attached hydrogens (tertiary/aromatic N) is 3. The van der Waals surface area contributed by atoms with Crippen molar-refractivity contribution in [1.82, 2.24) is 14.8 Å². The van der Waals surface area contributed by atoms with Crippen LogP contribution >= 0.6 is 11.3 Å². The van der Waals surface area contributed by atoms with E-state index in [9.17, 15) is 0 Å². The third-order valence-corrected chi connectivity index (χ3v) is 4.98. The van der Waals surface area contributed by atoms with Gasteiger partial charge in [0.1, 0.15) is 24.7 Å². The van der Waals surface area contributed by atoms with Crippen molar-refractivity contribution in [1.29, 1.82) is 0 Å². The first-order chi connectivity index (χ1) is 10.9. The van der Waals surface area contributed by atoms with Crippen molar-refractivity contribution in [3.63, 3.8) is 0 Å². The van der Waals surface area contributed by atoms with Gasteiger partial charge in [0.25, 0.3) is 0 Å². The van der Waals surface area contributed by atoms with Crippen LogP contribution in [0.1, 0.15) is 16.5 Å². The molecule has 5 nitrogen and oxygen atoms in total. The lowest BCUT2D eigenvalue weighted by molar-refractivity contribution is 0.328. The molecule has 1 aromatic carbocycles. The lowest BCUT2D eigenvalue weighted by atomic mass is 9.95. The molecule has 0 spiro atoms. The molecule has 2 aromatic heterocycles. The normalized spacial score (nSPS) is 18.8. The molecule has 0 bridgehead atoms. The predicted octanol–water partition coefficient (Wildman–Crippen LogP) is 3.16. The van der Waals surface area contributed by atoms with Crippen molar-refractivity contribution in [2.24, 2.45) is 0 Å². The standard InChI is InChI=1S/C16H12N4OS/c1-2-5-12-10(4-1)14-11(8-21-12)15(13-6-3-7-22-13)20-16(19-14)17-9-18-20/h1-7,9,15H,8H2,(H,17,18,19)/t15-/m0/s1. The Labute approximate surface area is 130 Å². The summed E-state index contributed by atoms with van der Waals surface area (Å²) < 4.78 is 7.89. The van der Waals surface area contributed by atoms with Crippen LogP contribution in [0.5, 0.6) is 5.75 Å². The smallest absolute Gasteiger partial charge is 0.226 e. The van der Waals surface area contributed by atoms with Crippen molar-refractivity contribution < 1.29 is 4.74 Å². The number of fused-ring (bicyclic) bond motifs is 3. The highest BCUT2D eigenvalue weighted by Gasteiger charge is 2.35. The van der Waals surface area contributed by atoms with E-state index < -0.39 is 0 Å². The SMILES string of the molecule is c1csc([C@@H]2C3=C(Nc4ncnn42)c2ccccc2OC3)c1. The molecule has 1 N–H and O–H groups in total. The summed E-state index contributed by atoms with van der Waals surface area (Å²) in [4.78, 5) is 5.59. The summed E-state index contributed by atoms with van der Waals surface area (Å²) in [6.45, 7) is 0.557. The second kappa shape index (κ2) is 4.45. The summed E-state index contributed by atoms with van der Waals surface area (Å²) >= 11 is 1.73. The molecule has 22 heavy (non-hydrogen) atoms. The highest BCUT2D eigenvalue weighted by atomic mass is 32.1. The summed E-state index contributed by atoms with van der Waals surface area (Å²) in [7, 11) is 0. The van der Waals surface area contributed by atoms with Crippen LogP contribution in [-0.4, -0.2) is 21.4 Å². The number of hydrogen-bond donors (Lipinski definition) is 1. The van der Waals surface area contributed by atoms with Crippen LogP contribution in [0.3, 0.4) is 0 Å². The Bertz CT molecular complexity index is 881. The number of hydrogen-bond acceptors (Lipinski definition) is 5. The molecule has 2 aliphatic rings. The highest BCUT2D eigenvalue weighted by Crippen LogP contribution is 2.43. The summed E-state index contributed by atoms with van der Waals surface area (Å²) in [5.74, 6) is 1.68. The van der Waals surface area contributed by atoms with E-state index in [1.54, 1.807) is 17.7 Å². The Morgan fingerprint density at radius 1 is 1.23 bits per heavy atom. The number of aromatic nitrogens is 3. The zero-order valence-electron chi connectivity index (χ0n) is 11.6. The molecule has 0 saturated carbocycles. The van der Waals surface area contributed by atoms with Crippen molar-refractivity contribution in [3.8, 4) is 5.75 Å². The van der Waals surface area contributed by atoms with E-state index in [1.807, 2.05) is 22.9 Å². The molecule has 6 heteroatoms.